The molecule has 2 aromatic carbocycles. The van der Waals surface area contributed by atoms with E-state index in [-0.39, 0.29) is 29.5 Å². The summed E-state index contributed by atoms with van der Waals surface area (Å²) >= 11 is 0. The molecule has 4 rings (SSSR count). The molecule has 11 heteroatoms. The lowest BCUT2D eigenvalue weighted by Crippen LogP contribution is -2.44. The highest BCUT2D eigenvalue weighted by molar-refractivity contribution is 7.89. The third-order valence-electron chi connectivity index (χ3n) is 5.41. The van der Waals surface area contributed by atoms with E-state index in [0.29, 0.717) is 11.3 Å². The lowest BCUT2D eigenvalue weighted by molar-refractivity contribution is 0.00883. The van der Waals surface area contributed by atoms with Gasteiger partial charge in [-0.25, -0.2) is 17.9 Å². The number of Topliss-reactive ketones (excluding diaryl/α,β-unsaturated/α-hetero) is 1. The number of rotatable bonds is 6. The van der Waals surface area contributed by atoms with Crippen molar-refractivity contribution >= 4 is 27.6 Å². The van der Waals surface area contributed by atoms with Crippen LogP contribution in [0.25, 0.3) is 0 Å². The van der Waals surface area contributed by atoms with E-state index in [4.69, 9.17) is 14.2 Å². The van der Waals surface area contributed by atoms with Crippen LogP contribution in [0.3, 0.4) is 0 Å². The van der Waals surface area contributed by atoms with Crippen LogP contribution in [-0.4, -0.2) is 57.9 Å². The fourth-order valence-corrected chi connectivity index (χ4v) is 5.18. The Morgan fingerprint density at radius 1 is 1.06 bits per heavy atom. The Balaban J connectivity index is 1.36. The van der Waals surface area contributed by atoms with Crippen LogP contribution in [0.5, 0.6) is 0 Å². The molecule has 0 aliphatic carbocycles. The van der Waals surface area contributed by atoms with Crippen molar-refractivity contribution in [1.29, 1.82) is 5.26 Å². The van der Waals surface area contributed by atoms with Crippen LogP contribution < -0.4 is 10.0 Å². The van der Waals surface area contributed by atoms with E-state index in [1.165, 1.54) is 25.1 Å². The topological polar surface area (TPSA) is 144 Å². The van der Waals surface area contributed by atoms with Crippen LogP contribution in [0.15, 0.2) is 53.4 Å². The molecule has 2 aromatic rings. The van der Waals surface area contributed by atoms with Gasteiger partial charge in [0.05, 0.1) is 29.7 Å². The number of anilines is 1. The minimum Gasteiger partial charge on any atom is -0.441 e. The Bertz CT molecular complexity index is 1210. The van der Waals surface area contributed by atoms with E-state index in [9.17, 15) is 23.3 Å². The van der Waals surface area contributed by atoms with Crippen LogP contribution in [0, 0.1) is 11.3 Å². The van der Waals surface area contributed by atoms with Crippen molar-refractivity contribution < 1.29 is 32.2 Å². The predicted octanol–water partition coefficient (Wildman–Crippen LogP) is 1.82. The zero-order valence-corrected chi connectivity index (χ0v) is 18.4. The number of ether oxygens (including phenoxy) is 3. The zero-order valence-electron chi connectivity index (χ0n) is 17.6. The molecule has 0 bridgehead atoms. The van der Waals surface area contributed by atoms with Gasteiger partial charge < -0.3 is 14.2 Å². The third kappa shape index (κ3) is 4.89. The first kappa shape index (κ1) is 22.9. The van der Waals surface area contributed by atoms with Gasteiger partial charge in [0.2, 0.25) is 10.0 Å². The smallest absolute Gasteiger partial charge is 0.412 e. The van der Waals surface area contributed by atoms with Gasteiger partial charge in [0.1, 0.15) is 18.3 Å². The van der Waals surface area contributed by atoms with Crippen molar-refractivity contribution in [2.45, 2.75) is 36.2 Å². The molecule has 0 saturated carbocycles. The van der Waals surface area contributed by atoms with Crippen LogP contribution in [0.2, 0.25) is 0 Å². The summed E-state index contributed by atoms with van der Waals surface area (Å²) in [5.74, 6) is -0.0852. The molecule has 10 nitrogen and oxygen atoms in total. The number of nitrogens with one attached hydrogen (secondary N) is 2. The molecule has 4 atom stereocenters. The molecule has 2 N–H and O–H groups in total. The van der Waals surface area contributed by atoms with Crippen LogP contribution in [-0.2, 0) is 24.2 Å². The number of fused-ring (bicyclic) bond motifs is 1. The Morgan fingerprint density at radius 3 is 2.45 bits per heavy atom. The molecule has 2 saturated heterocycles. The molecule has 2 fully saturated rings. The second-order valence-electron chi connectivity index (χ2n) is 7.63. The molecule has 0 radical (unpaired) electrons. The minimum atomic E-state index is -3.99. The van der Waals surface area contributed by atoms with E-state index in [1.54, 1.807) is 30.3 Å². The van der Waals surface area contributed by atoms with Gasteiger partial charge in [-0.1, -0.05) is 12.1 Å². The quantitative estimate of drug-likeness (QED) is 0.607. The predicted molar refractivity (Wildman–Crippen MR) is 115 cm³/mol. The number of amides is 1. The fourth-order valence-electron chi connectivity index (χ4n) is 3.80. The van der Waals surface area contributed by atoms with E-state index in [0.717, 1.165) is 0 Å². The summed E-state index contributed by atoms with van der Waals surface area (Å²) in [5.41, 5.74) is 1.00. The van der Waals surface area contributed by atoms with Crippen LogP contribution in [0.4, 0.5) is 10.5 Å². The van der Waals surface area contributed by atoms with Gasteiger partial charge in [-0.05, 0) is 43.3 Å². The molecule has 1 amide bonds. The van der Waals surface area contributed by atoms with Crippen molar-refractivity contribution in [2.75, 3.05) is 18.5 Å². The molecule has 172 valence electrons. The Morgan fingerprint density at radius 2 is 1.76 bits per heavy atom. The highest BCUT2D eigenvalue weighted by Gasteiger charge is 2.50. The number of sulfonamides is 1. The zero-order chi connectivity index (χ0) is 23.6. The fraction of sp³-hybridized carbons (Fsp3) is 0.318. The number of carbonyl (C=O) groups excluding carboxylic acids is 2. The maximum Gasteiger partial charge on any atom is 0.412 e. The maximum absolute atomic E-state index is 12.8. The number of ketones is 1. The largest absolute Gasteiger partial charge is 0.441 e. The Labute approximate surface area is 190 Å². The lowest BCUT2D eigenvalue weighted by atomic mass is 10.1. The molecule has 0 spiro atoms. The monoisotopic (exact) mass is 471 g/mol. The second-order valence-corrected chi connectivity index (χ2v) is 9.32. The normalized spacial score (nSPS) is 24.0. The number of hydrogen-bond donors (Lipinski definition) is 2. The average Bonchev–Trinajstić information content (AvgIpc) is 3.37. The first-order valence-corrected chi connectivity index (χ1v) is 11.6. The minimum absolute atomic E-state index is 0.0251. The van der Waals surface area contributed by atoms with Gasteiger partial charge in [0.15, 0.2) is 11.9 Å². The first-order chi connectivity index (χ1) is 15.8. The highest BCUT2D eigenvalue weighted by Crippen LogP contribution is 2.30. The van der Waals surface area contributed by atoms with E-state index < -0.39 is 40.5 Å². The van der Waals surface area contributed by atoms with Gasteiger partial charge in [0.25, 0.3) is 0 Å². The molecule has 33 heavy (non-hydrogen) atoms. The number of hydrogen-bond acceptors (Lipinski definition) is 8. The summed E-state index contributed by atoms with van der Waals surface area (Å²) in [4.78, 5) is 23.5. The van der Waals surface area contributed by atoms with Crippen molar-refractivity contribution in [3.63, 3.8) is 0 Å². The lowest BCUT2D eigenvalue weighted by Gasteiger charge is -2.18. The molecular weight excluding hydrogens is 450 g/mol. The van der Waals surface area contributed by atoms with Crippen molar-refractivity contribution in [3.8, 4) is 6.07 Å². The summed E-state index contributed by atoms with van der Waals surface area (Å²) in [7, 11) is -3.99. The average molecular weight is 471 g/mol. The van der Waals surface area contributed by atoms with Gasteiger partial charge in [0, 0.05) is 11.3 Å². The molecular formula is C22H21N3O7S. The summed E-state index contributed by atoms with van der Waals surface area (Å²) < 4.78 is 44.9. The first-order valence-electron chi connectivity index (χ1n) is 10.1. The van der Waals surface area contributed by atoms with Crippen molar-refractivity contribution in [3.05, 3.63) is 59.7 Å². The number of benzene rings is 2. The Hall–Kier alpha value is -3.30. The molecule has 2 aliphatic rings. The maximum atomic E-state index is 12.8. The molecule has 2 aliphatic heterocycles. The van der Waals surface area contributed by atoms with E-state index in [1.807, 2.05) is 6.07 Å². The number of carbonyl (C=O) groups is 2. The summed E-state index contributed by atoms with van der Waals surface area (Å²) in [6.07, 6.45) is -2.75. The van der Waals surface area contributed by atoms with Gasteiger partial charge >= 0.3 is 6.09 Å². The van der Waals surface area contributed by atoms with Crippen molar-refractivity contribution in [1.82, 2.24) is 4.72 Å². The molecule has 2 heterocycles. The number of nitriles is 1. The molecule has 4 unspecified atom stereocenters. The molecule has 0 aromatic heterocycles. The second kappa shape index (κ2) is 9.29. The SMILES string of the molecule is CC(=O)c1ccc(NC(=O)OC2COC3C(NS(=O)(=O)c4ccccc4C#N)COC23)cc1. The summed E-state index contributed by atoms with van der Waals surface area (Å²) in [6, 6.07) is 13.4. The summed E-state index contributed by atoms with van der Waals surface area (Å²) in [5, 5.41) is 11.8. The number of nitrogens with zero attached hydrogens (tertiary/aromatic N) is 1. The standard InChI is InChI=1S/C22H21N3O7S/c1-13(26)14-6-8-16(9-7-14)24-22(27)32-18-12-31-20-17(11-30-21(18)20)25-33(28,29)19-5-3-2-4-15(19)10-23/h2-9,17-18,20-21,25H,11-12H2,1H3,(H,24,27). The van der Waals surface area contributed by atoms with E-state index >= 15 is 0 Å². The third-order valence-corrected chi connectivity index (χ3v) is 6.96. The van der Waals surface area contributed by atoms with Gasteiger partial charge in [-0.2, -0.15) is 5.26 Å². The van der Waals surface area contributed by atoms with Gasteiger partial charge in [-0.3, -0.25) is 10.1 Å². The summed E-state index contributed by atoms with van der Waals surface area (Å²) in [6.45, 7) is 1.51. The van der Waals surface area contributed by atoms with Gasteiger partial charge in [-0.15, -0.1) is 0 Å². The van der Waals surface area contributed by atoms with Crippen LogP contribution >= 0.6 is 0 Å². The van der Waals surface area contributed by atoms with E-state index in [2.05, 4.69) is 10.0 Å². The van der Waals surface area contributed by atoms with Crippen LogP contribution in [0.1, 0.15) is 22.8 Å². The Kier molecular flexibility index (Phi) is 6.44. The van der Waals surface area contributed by atoms with Crippen molar-refractivity contribution in [2.24, 2.45) is 0 Å². The highest BCUT2D eigenvalue weighted by atomic mass is 32.2.